The molecular formula is C41H50N4O8S2. The number of amides is 3. The number of nitrogens with zero attached hydrogens (tertiary/aromatic N) is 2. The first-order chi connectivity index (χ1) is 26.3. The van der Waals surface area contributed by atoms with E-state index in [0.29, 0.717) is 50.0 Å². The maximum Gasteiger partial charge on any atom is 0.259 e. The number of aromatic nitrogens is 1. The van der Waals surface area contributed by atoms with Crippen molar-refractivity contribution in [2.75, 3.05) is 18.1 Å². The molecule has 0 radical (unpaired) electrons. The van der Waals surface area contributed by atoms with Gasteiger partial charge in [0, 0.05) is 29.4 Å². The van der Waals surface area contributed by atoms with Gasteiger partial charge in [-0.15, -0.1) is 6.58 Å². The molecule has 5 atom stereocenters. The number of fused-ring (bicyclic) bond motifs is 3. The predicted molar refractivity (Wildman–Crippen MR) is 210 cm³/mol. The number of hydrogen-bond acceptors (Lipinski definition) is 9. The summed E-state index contributed by atoms with van der Waals surface area (Å²) >= 11 is 0. The van der Waals surface area contributed by atoms with Gasteiger partial charge in [0.15, 0.2) is 9.84 Å². The summed E-state index contributed by atoms with van der Waals surface area (Å²) < 4.78 is 61.4. The standard InChI is InChI=1S/C41H50N4O8S2/c1-3-5-13-29-26-54(49,50)20-11-7-8-12-27-16-19-34-33(21-27)37(23-35(42-34)28-14-9-6-10-15-28)53-31-22-36(45(25-31)39(29)47)38(46)43-41(24-30(41)4-2)40(48)44-55(51,52)32-17-18-32/h4,6,9-10,14-16,19,21,23,29-32,36H,2-3,5,7-8,11-13,17-18,20,22,24-26H2,1H3,(H,43,46)(H,44,48)/t29-,30-,31-,36+,41-/m1/s1. The van der Waals surface area contributed by atoms with Gasteiger partial charge >= 0.3 is 0 Å². The van der Waals surface area contributed by atoms with Gasteiger partial charge in [-0.05, 0) is 62.6 Å². The van der Waals surface area contributed by atoms with Gasteiger partial charge in [-0.1, -0.05) is 68.7 Å². The summed E-state index contributed by atoms with van der Waals surface area (Å²) in [5.74, 6) is -3.11. The van der Waals surface area contributed by atoms with Crippen molar-refractivity contribution in [1.29, 1.82) is 0 Å². The second-order valence-electron chi connectivity index (χ2n) is 15.7. The molecule has 2 aliphatic heterocycles. The van der Waals surface area contributed by atoms with Gasteiger partial charge in [0.2, 0.25) is 21.8 Å². The van der Waals surface area contributed by atoms with E-state index in [4.69, 9.17) is 9.72 Å². The second kappa shape index (κ2) is 15.7. The summed E-state index contributed by atoms with van der Waals surface area (Å²) in [4.78, 5) is 48.9. The summed E-state index contributed by atoms with van der Waals surface area (Å²) in [5.41, 5.74) is 1.83. The number of aryl methyl sites for hydroxylation is 1. The summed E-state index contributed by atoms with van der Waals surface area (Å²) in [6, 6.07) is 16.5. The molecule has 55 heavy (non-hydrogen) atoms. The van der Waals surface area contributed by atoms with Crippen LogP contribution in [-0.2, 0) is 40.7 Å². The lowest BCUT2D eigenvalue weighted by molar-refractivity contribution is -0.142. The molecular weight excluding hydrogens is 741 g/mol. The minimum Gasteiger partial charge on any atom is -0.488 e. The largest absolute Gasteiger partial charge is 0.488 e. The number of carbonyl (C=O) groups excluding carboxylic acids is 3. The Balaban J connectivity index is 1.25. The molecule has 3 fully saturated rings. The molecule has 2 saturated carbocycles. The first kappa shape index (κ1) is 39.0. The van der Waals surface area contributed by atoms with E-state index in [1.54, 1.807) is 0 Å². The molecule has 3 amide bonds. The average molecular weight is 791 g/mol. The maximum atomic E-state index is 14.6. The number of carbonyl (C=O) groups is 3. The molecule has 1 saturated heterocycles. The lowest BCUT2D eigenvalue weighted by Gasteiger charge is -2.29. The van der Waals surface area contributed by atoms with Crippen LogP contribution in [-0.4, -0.2) is 85.4 Å². The van der Waals surface area contributed by atoms with Crippen LogP contribution in [0.5, 0.6) is 5.75 Å². The Morgan fingerprint density at radius 1 is 1.09 bits per heavy atom. The van der Waals surface area contributed by atoms with Crippen LogP contribution in [0.4, 0.5) is 0 Å². The molecule has 4 bridgehead atoms. The fraction of sp³-hybridized carbons (Fsp3) is 0.512. The highest BCUT2D eigenvalue weighted by molar-refractivity contribution is 7.91. The number of unbranched alkanes of at least 4 members (excludes halogenated alkanes) is 1. The van der Waals surface area contributed by atoms with Crippen molar-refractivity contribution >= 4 is 48.5 Å². The molecule has 12 nitrogen and oxygen atoms in total. The van der Waals surface area contributed by atoms with Crippen LogP contribution in [0.15, 0.2) is 67.3 Å². The molecule has 3 aromatic rings. The van der Waals surface area contributed by atoms with Gasteiger partial charge in [0.25, 0.3) is 5.91 Å². The third-order valence-corrected chi connectivity index (χ3v) is 15.1. The third kappa shape index (κ3) is 8.60. The molecule has 294 valence electrons. The van der Waals surface area contributed by atoms with Crippen molar-refractivity contribution in [3.8, 4) is 17.0 Å². The molecule has 3 heterocycles. The van der Waals surface area contributed by atoms with E-state index in [1.165, 1.54) is 11.0 Å². The van der Waals surface area contributed by atoms with Crippen LogP contribution >= 0.6 is 0 Å². The number of nitrogens with one attached hydrogen (secondary N) is 2. The molecule has 2 aliphatic carbocycles. The molecule has 14 heteroatoms. The average Bonchev–Trinajstić information content (AvgIpc) is 4.09. The van der Waals surface area contributed by atoms with Gasteiger partial charge in [-0.3, -0.25) is 19.1 Å². The Kier molecular flexibility index (Phi) is 11.1. The molecule has 4 aliphatic rings. The normalized spacial score (nSPS) is 26.9. The van der Waals surface area contributed by atoms with Crippen LogP contribution < -0.4 is 14.8 Å². The van der Waals surface area contributed by atoms with Crippen molar-refractivity contribution in [2.24, 2.45) is 11.8 Å². The number of ether oxygens (including phenoxy) is 1. The minimum absolute atomic E-state index is 0.00388. The van der Waals surface area contributed by atoms with E-state index >= 15 is 0 Å². The van der Waals surface area contributed by atoms with Crippen molar-refractivity contribution < 1.29 is 36.0 Å². The van der Waals surface area contributed by atoms with E-state index < -0.39 is 72.4 Å². The SMILES string of the molecule is C=C[C@@H]1C[C@]1(NC(=O)[C@@H]1C[C@@H]2CN1C(=O)[C@H](CCCC)CS(=O)(=O)CCCCCc1ccc3nc(-c4ccccc4)cc(c3c1)O2)C(=O)NS(=O)(=O)C1CC1. The Labute approximate surface area is 323 Å². The zero-order valence-corrected chi connectivity index (χ0v) is 32.9. The highest BCUT2D eigenvalue weighted by atomic mass is 32.2. The number of sulfonamides is 1. The molecule has 1 aromatic heterocycles. The van der Waals surface area contributed by atoms with Crippen LogP contribution in [0.3, 0.4) is 0 Å². The molecule has 0 spiro atoms. The summed E-state index contributed by atoms with van der Waals surface area (Å²) in [7, 11) is -7.50. The monoisotopic (exact) mass is 790 g/mol. The fourth-order valence-electron chi connectivity index (χ4n) is 8.01. The van der Waals surface area contributed by atoms with E-state index in [0.717, 1.165) is 41.3 Å². The topological polar surface area (TPSA) is 169 Å². The highest BCUT2D eigenvalue weighted by Gasteiger charge is 2.62. The summed E-state index contributed by atoms with van der Waals surface area (Å²) in [5, 5.41) is 2.98. The maximum absolute atomic E-state index is 14.6. The van der Waals surface area contributed by atoms with Gasteiger partial charge in [0.05, 0.1) is 40.4 Å². The van der Waals surface area contributed by atoms with Crippen molar-refractivity contribution in [3.63, 3.8) is 0 Å². The minimum atomic E-state index is -3.90. The summed E-state index contributed by atoms with van der Waals surface area (Å²) in [6.45, 7) is 5.77. The lowest BCUT2D eigenvalue weighted by Crippen LogP contribution is -2.57. The van der Waals surface area contributed by atoms with E-state index in [2.05, 4.69) is 16.6 Å². The number of pyridine rings is 1. The van der Waals surface area contributed by atoms with Crippen molar-refractivity contribution in [2.45, 2.75) is 100 Å². The van der Waals surface area contributed by atoms with Gasteiger partial charge in [0.1, 0.15) is 23.4 Å². The first-order valence-electron chi connectivity index (χ1n) is 19.5. The smallest absolute Gasteiger partial charge is 0.259 e. The van der Waals surface area contributed by atoms with Crippen LogP contribution in [0.2, 0.25) is 0 Å². The van der Waals surface area contributed by atoms with Gasteiger partial charge in [-0.2, -0.15) is 0 Å². The highest BCUT2D eigenvalue weighted by Crippen LogP contribution is 2.46. The molecule has 2 aromatic carbocycles. The number of benzene rings is 2. The number of rotatable bonds is 10. The molecule has 0 unspecified atom stereocenters. The summed E-state index contributed by atoms with van der Waals surface area (Å²) in [6.07, 6.45) is 6.43. The van der Waals surface area contributed by atoms with Crippen molar-refractivity contribution in [1.82, 2.24) is 19.9 Å². The van der Waals surface area contributed by atoms with E-state index in [1.807, 2.05) is 61.5 Å². The quantitative estimate of drug-likeness (QED) is 0.273. The predicted octanol–water partition coefficient (Wildman–Crippen LogP) is 4.87. The van der Waals surface area contributed by atoms with E-state index in [-0.39, 0.29) is 30.9 Å². The van der Waals surface area contributed by atoms with Gasteiger partial charge in [-0.25, -0.2) is 21.8 Å². The first-order valence-corrected chi connectivity index (χ1v) is 22.9. The van der Waals surface area contributed by atoms with E-state index in [9.17, 15) is 31.2 Å². The number of hydrogen-bond donors (Lipinski definition) is 2. The van der Waals surface area contributed by atoms with Crippen LogP contribution in [0.1, 0.15) is 76.7 Å². The lowest BCUT2D eigenvalue weighted by atomic mass is 10.0. The zero-order valence-electron chi connectivity index (χ0n) is 31.2. The van der Waals surface area contributed by atoms with Gasteiger partial charge < -0.3 is 15.0 Å². The third-order valence-electron chi connectivity index (χ3n) is 11.4. The second-order valence-corrected chi connectivity index (χ2v) is 19.8. The Morgan fingerprint density at radius 3 is 2.58 bits per heavy atom. The molecule has 2 N–H and O–H groups in total. The fourth-order valence-corrected chi connectivity index (χ4v) is 11.1. The Morgan fingerprint density at radius 2 is 1.87 bits per heavy atom. The van der Waals surface area contributed by atoms with Crippen LogP contribution in [0.25, 0.3) is 22.2 Å². The zero-order chi connectivity index (χ0) is 39.0. The van der Waals surface area contributed by atoms with Crippen molar-refractivity contribution in [3.05, 3.63) is 72.8 Å². The molecule has 7 rings (SSSR count). The van der Waals surface area contributed by atoms with Crippen LogP contribution in [0, 0.1) is 11.8 Å². The Bertz CT molecular complexity index is 2190. The number of sulfone groups is 1. The Hall–Kier alpha value is -4.30.